The van der Waals surface area contributed by atoms with Crippen LogP contribution in [0.2, 0.25) is 0 Å². The first kappa shape index (κ1) is 28.9. The zero-order chi connectivity index (χ0) is 21.4. The number of halogens is 3. The highest BCUT2D eigenvalue weighted by Gasteiger charge is 2.39. The molecule has 5 rings (SSSR count). The number of benzene rings is 1. The first-order chi connectivity index (χ1) is 15.1. The third-order valence-electron chi connectivity index (χ3n) is 7.44. The number of aromatic nitrogens is 1. The maximum atomic E-state index is 11.9. The minimum absolute atomic E-state index is 0. The Morgan fingerprint density at radius 3 is 2.47 bits per heavy atom. The Hall–Kier alpha value is -1.29. The molecule has 1 aromatic heterocycles. The van der Waals surface area contributed by atoms with Crippen molar-refractivity contribution in [3.8, 4) is 0 Å². The molecule has 3 aliphatic rings. The smallest absolute Gasteiger partial charge is 0.298 e. The molecule has 8 nitrogen and oxygen atoms in total. The number of piperidine rings is 2. The van der Waals surface area contributed by atoms with Gasteiger partial charge in [0, 0.05) is 44.3 Å². The summed E-state index contributed by atoms with van der Waals surface area (Å²) in [5.41, 5.74) is 7.19. The van der Waals surface area contributed by atoms with Gasteiger partial charge in [0.2, 0.25) is 0 Å². The number of amides is 1. The molecule has 2 unspecified atom stereocenters. The van der Waals surface area contributed by atoms with Crippen LogP contribution in [0.4, 0.5) is 6.01 Å². The van der Waals surface area contributed by atoms with Crippen LogP contribution in [0.25, 0.3) is 11.1 Å². The lowest BCUT2D eigenvalue weighted by atomic mass is 9.81. The van der Waals surface area contributed by atoms with Gasteiger partial charge in [0.25, 0.3) is 11.9 Å². The van der Waals surface area contributed by atoms with Crippen molar-refractivity contribution < 1.29 is 13.9 Å². The summed E-state index contributed by atoms with van der Waals surface area (Å²) < 4.78 is 11.7. The van der Waals surface area contributed by atoms with Gasteiger partial charge in [-0.3, -0.25) is 9.69 Å². The van der Waals surface area contributed by atoms with Gasteiger partial charge < -0.3 is 24.7 Å². The Labute approximate surface area is 219 Å². The molecule has 2 atom stereocenters. The molecule has 2 N–H and O–H groups in total. The third-order valence-corrected chi connectivity index (χ3v) is 7.44. The van der Waals surface area contributed by atoms with E-state index >= 15 is 0 Å². The highest BCUT2D eigenvalue weighted by molar-refractivity contribution is 6.03. The molecular weight excluding hydrogens is 501 g/mol. The standard InChI is InChI=1S/C23H33N5O3.3ClH/c1-26-16-4-2-5-17(26)15-18(14-16)28(9-8-27-10-12-30-13-11-27)23-25-21-19(22(24)29)6-3-7-20(21)31-23;;;/h3,6-7,16-18H,2,4-5,8-15H2,1H3,(H2,24,29);3*1H. The number of para-hydroxylation sites is 1. The van der Waals surface area contributed by atoms with Crippen molar-refractivity contribution in [1.82, 2.24) is 14.8 Å². The normalized spacial score (nSPS) is 25.0. The van der Waals surface area contributed by atoms with Crippen LogP contribution in [0.5, 0.6) is 0 Å². The van der Waals surface area contributed by atoms with E-state index in [1.54, 1.807) is 12.1 Å². The number of nitrogens with two attached hydrogens (primary N) is 1. The lowest BCUT2D eigenvalue weighted by Crippen LogP contribution is -2.56. The molecule has 2 bridgehead atoms. The first-order valence-electron chi connectivity index (χ1n) is 11.6. The third kappa shape index (κ3) is 5.91. The molecule has 0 aliphatic carbocycles. The number of carbonyl (C=O) groups is 1. The number of carbonyl (C=O) groups excluding carboxylic acids is 1. The summed E-state index contributed by atoms with van der Waals surface area (Å²) >= 11 is 0. The van der Waals surface area contributed by atoms with Crippen molar-refractivity contribution in [2.75, 3.05) is 51.3 Å². The molecule has 1 aromatic carbocycles. The van der Waals surface area contributed by atoms with Gasteiger partial charge in [-0.15, -0.1) is 37.2 Å². The average molecular weight is 537 g/mol. The predicted octanol–water partition coefficient (Wildman–Crippen LogP) is 3.35. The molecule has 3 saturated heterocycles. The highest BCUT2D eigenvalue weighted by atomic mass is 35.5. The van der Waals surface area contributed by atoms with Gasteiger partial charge in [0.1, 0.15) is 5.52 Å². The fourth-order valence-electron chi connectivity index (χ4n) is 5.61. The Kier molecular flexibility index (Phi) is 10.7. The number of rotatable bonds is 6. The highest BCUT2D eigenvalue weighted by Crippen LogP contribution is 2.37. The van der Waals surface area contributed by atoms with Gasteiger partial charge in [-0.05, 0) is 44.9 Å². The number of fused-ring (bicyclic) bond motifs is 3. The Balaban J connectivity index is 0.00000136. The Bertz CT molecular complexity index is 926. The fourth-order valence-corrected chi connectivity index (χ4v) is 5.61. The summed E-state index contributed by atoms with van der Waals surface area (Å²) in [5, 5.41) is 0. The summed E-state index contributed by atoms with van der Waals surface area (Å²) in [6, 6.07) is 7.62. The van der Waals surface area contributed by atoms with Crippen LogP contribution < -0.4 is 10.6 Å². The van der Waals surface area contributed by atoms with Crippen LogP contribution >= 0.6 is 37.2 Å². The molecule has 1 amide bonds. The van der Waals surface area contributed by atoms with Crippen molar-refractivity contribution >= 4 is 60.2 Å². The molecule has 192 valence electrons. The van der Waals surface area contributed by atoms with E-state index < -0.39 is 5.91 Å². The van der Waals surface area contributed by atoms with E-state index in [1.807, 2.05) is 6.07 Å². The molecule has 0 spiro atoms. The number of primary amides is 1. The molecule has 2 aromatic rings. The summed E-state index contributed by atoms with van der Waals surface area (Å²) in [4.78, 5) is 24.1. The molecule has 3 aliphatic heterocycles. The number of oxazole rings is 1. The molecule has 3 fully saturated rings. The van der Waals surface area contributed by atoms with Crippen LogP contribution in [-0.2, 0) is 4.74 Å². The summed E-state index contributed by atoms with van der Waals surface area (Å²) in [5.74, 6) is -0.473. The molecular formula is C23H36Cl3N5O3. The van der Waals surface area contributed by atoms with Gasteiger partial charge in [0.05, 0.1) is 18.8 Å². The lowest BCUT2D eigenvalue weighted by molar-refractivity contribution is 0.0362. The van der Waals surface area contributed by atoms with Crippen molar-refractivity contribution in [3.63, 3.8) is 0 Å². The molecule has 0 saturated carbocycles. The van der Waals surface area contributed by atoms with Crippen LogP contribution in [-0.4, -0.2) is 85.3 Å². The molecule has 4 heterocycles. The Morgan fingerprint density at radius 2 is 1.82 bits per heavy atom. The number of ether oxygens (including phenoxy) is 1. The van der Waals surface area contributed by atoms with Gasteiger partial charge in [-0.2, -0.15) is 4.98 Å². The number of hydrogen-bond donors (Lipinski definition) is 1. The quantitative estimate of drug-likeness (QED) is 0.606. The zero-order valence-electron chi connectivity index (χ0n) is 19.6. The maximum absolute atomic E-state index is 11.9. The van der Waals surface area contributed by atoms with Crippen molar-refractivity contribution in [2.24, 2.45) is 5.73 Å². The molecule has 0 radical (unpaired) electrons. The van der Waals surface area contributed by atoms with E-state index in [4.69, 9.17) is 19.9 Å². The summed E-state index contributed by atoms with van der Waals surface area (Å²) in [7, 11) is 2.28. The number of hydrogen-bond acceptors (Lipinski definition) is 7. The largest absolute Gasteiger partial charge is 0.423 e. The SMILES string of the molecule is CN1C2CCCC1CC(N(CCN1CCOCC1)c1nc3c(C(N)=O)cccc3o1)C2.Cl.Cl.Cl. The lowest BCUT2D eigenvalue weighted by Gasteiger charge is -2.49. The average Bonchev–Trinajstić information content (AvgIpc) is 3.19. The van der Waals surface area contributed by atoms with E-state index in [1.165, 1.54) is 19.3 Å². The molecule has 11 heteroatoms. The monoisotopic (exact) mass is 535 g/mol. The first-order valence-corrected chi connectivity index (χ1v) is 11.6. The van der Waals surface area contributed by atoms with E-state index in [9.17, 15) is 4.79 Å². The van der Waals surface area contributed by atoms with Crippen molar-refractivity contribution in [1.29, 1.82) is 0 Å². The van der Waals surface area contributed by atoms with Crippen LogP contribution in [0.3, 0.4) is 0 Å². The molecule has 34 heavy (non-hydrogen) atoms. The summed E-state index contributed by atoms with van der Waals surface area (Å²) in [6.45, 7) is 5.32. The van der Waals surface area contributed by atoms with E-state index in [-0.39, 0.29) is 37.2 Å². The second-order valence-electron chi connectivity index (χ2n) is 9.19. The fraction of sp³-hybridized carbons (Fsp3) is 0.652. The van der Waals surface area contributed by atoms with Gasteiger partial charge in [-0.25, -0.2) is 0 Å². The van der Waals surface area contributed by atoms with E-state index in [0.29, 0.717) is 40.8 Å². The van der Waals surface area contributed by atoms with Crippen LogP contribution in [0.15, 0.2) is 22.6 Å². The second kappa shape index (κ2) is 12.6. The van der Waals surface area contributed by atoms with Crippen LogP contribution in [0.1, 0.15) is 42.5 Å². The van der Waals surface area contributed by atoms with Gasteiger partial charge in [0.15, 0.2) is 5.58 Å². The van der Waals surface area contributed by atoms with Gasteiger partial charge in [-0.1, -0.05) is 12.5 Å². The maximum Gasteiger partial charge on any atom is 0.298 e. The number of nitrogens with zero attached hydrogens (tertiary/aromatic N) is 4. The predicted molar refractivity (Wildman–Crippen MR) is 141 cm³/mol. The number of anilines is 1. The van der Waals surface area contributed by atoms with Crippen LogP contribution in [0, 0.1) is 0 Å². The Morgan fingerprint density at radius 1 is 1.15 bits per heavy atom. The zero-order valence-corrected chi connectivity index (χ0v) is 22.0. The topological polar surface area (TPSA) is 88.1 Å². The van der Waals surface area contributed by atoms with E-state index in [0.717, 1.165) is 52.2 Å². The minimum Gasteiger partial charge on any atom is -0.423 e. The van der Waals surface area contributed by atoms with Crippen molar-refractivity contribution in [2.45, 2.75) is 50.2 Å². The van der Waals surface area contributed by atoms with E-state index in [2.05, 4.69) is 21.7 Å². The second-order valence-corrected chi connectivity index (χ2v) is 9.19. The van der Waals surface area contributed by atoms with Gasteiger partial charge >= 0.3 is 0 Å². The summed E-state index contributed by atoms with van der Waals surface area (Å²) in [6.07, 6.45) is 6.10. The number of morpholine rings is 1. The van der Waals surface area contributed by atoms with Crippen molar-refractivity contribution in [3.05, 3.63) is 23.8 Å². The minimum atomic E-state index is -0.473.